The Balaban J connectivity index is 2.72. The van der Waals surface area contributed by atoms with Crippen molar-refractivity contribution < 1.29 is 27.6 Å². The Morgan fingerprint density at radius 3 is 2.43 bits per heavy atom. The molecule has 0 atom stereocenters. The van der Waals surface area contributed by atoms with Crippen molar-refractivity contribution in [3.8, 4) is 11.3 Å². The quantitative estimate of drug-likeness (QED) is 0.923. The second-order valence-electron chi connectivity index (χ2n) is 4.77. The summed E-state index contributed by atoms with van der Waals surface area (Å²) in [5.41, 5.74) is -1.89. The second kappa shape index (κ2) is 5.23. The van der Waals surface area contributed by atoms with E-state index in [-0.39, 0.29) is 28.5 Å². The summed E-state index contributed by atoms with van der Waals surface area (Å²) in [6, 6.07) is 4.68. The molecule has 0 amide bonds. The summed E-state index contributed by atoms with van der Waals surface area (Å²) in [5.74, 6) is -1.63. The van der Waals surface area contributed by atoms with Crippen LogP contribution in [0.4, 0.5) is 13.2 Å². The Kier molecular flexibility index (Phi) is 3.76. The normalized spacial score (nSPS) is 11.9. The molecule has 21 heavy (non-hydrogen) atoms. The number of hydrogen-bond donors (Lipinski definition) is 1. The van der Waals surface area contributed by atoms with Crippen LogP contribution in [0, 0.1) is 0 Å². The Hall–Kier alpha value is -2.31. The lowest BCUT2D eigenvalue weighted by Crippen LogP contribution is -2.09. The molecule has 0 fully saturated rings. The topological polar surface area (TPSA) is 63.3 Å². The number of alkyl halides is 3. The lowest BCUT2D eigenvalue weighted by molar-refractivity contribution is -0.137. The highest BCUT2D eigenvalue weighted by Gasteiger charge is 2.36. The van der Waals surface area contributed by atoms with Gasteiger partial charge in [-0.3, -0.25) is 0 Å². The standard InChI is InChI=1S/C14H12F3NO3/c1-7(2)12-10(13(19)20)11(18-21-12)8-5-3-4-6-9(8)14(15,16)17/h3-7H,1-2H3,(H,19,20). The maximum absolute atomic E-state index is 13.0. The van der Waals surface area contributed by atoms with E-state index in [9.17, 15) is 23.1 Å². The number of nitrogens with zero attached hydrogens (tertiary/aromatic N) is 1. The van der Waals surface area contributed by atoms with Crippen molar-refractivity contribution in [3.05, 3.63) is 41.2 Å². The Morgan fingerprint density at radius 2 is 1.90 bits per heavy atom. The van der Waals surface area contributed by atoms with Crippen molar-refractivity contribution in [2.75, 3.05) is 0 Å². The van der Waals surface area contributed by atoms with Gasteiger partial charge < -0.3 is 9.63 Å². The van der Waals surface area contributed by atoms with Crippen LogP contribution in [0.5, 0.6) is 0 Å². The number of carboxylic acids is 1. The molecule has 1 heterocycles. The first-order valence-electron chi connectivity index (χ1n) is 6.13. The Labute approximate surface area is 118 Å². The number of carboxylic acid groups (broad SMARTS) is 1. The molecule has 1 N–H and O–H groups in total. The first-order chi connectivity index (χ1) is 9.73. The van der Waals surface area contributed by atoms with Crippen molar-refractivity contribution in [2.24, 2.45) is 0 Å². The summed E-state index contributed by atoms with van der Waals surface area (Å²) in [7, 11) is 0. The van der Waals surface area contributed by atoms with Gasteiger partial charge in [0, 0.05) is 11.5 Å². The van der Waals surface area contributed by atoms with E-state index in [1.54, 1.807) is 13.8 Å². The summed E-state index contributed by atoms with van der Waals surface area (Å²) < 4.78 is 44.0. The predicted octanol–water partition coefficient (Wildman–Crippen LogP) is 4.18. The number of carbonyl (C=O) groups is 1. The largest absolute Gasteiger partial charge is 0.477 e. The van der Waals surface area contributed by atoms with E-state index in [2.05, 4.69) is 5.16 Å². The van der Waals surface area contributed by atoms with Crippen LogP contribution < -0.4 is 0 Å². The second-order valence-corrected chi connectivity index (χ2v) is 4.77. The van der Waals surface area contributed by atoms with Gasteiger partial charge in [-0.2, -0.15) is 13.2 Å². The molecule has 0 saturated carbocycles. The third-order valence-corrected chi connectivity index (χ3v) is 2.94. The first kappa shape index (κ1) is 15.1. The van der Waals surface area contributed by atoms with Gasteiger partial charge in [0.25, 0.3) is 0 Å². The van der Waals surface area contributed by atoms with E-state index in [4.69, 9.17) is 4.52 Å². The number of aromatic carboxylic acids is 1. The number of rotatable bonds is 3. The van der Waals surface area contributed by atoms with Crippen LogP contribution in [0.2, 0.25) is 0 Å². The van der Waals surface area contributed by atoms with Gasteiger partial charge in [-0.1, -0.05) is 37.2 Å². The maximum Gasteiger partial charge on any atom is 0.417 e. The predicted molar refractivity (Wildman–Crippen MR) is 68.0 cm³/mol. The SMILES string of the molecule is CC(C)c1onc(-c2ccccc2C(F)(F)F)c1C(=O)O. The van der Waals surface area contributed by atoms with Crippen molar-refractivity contribution >= 4 is 5.97 Å². The molecule has 1 aromatic carbocycles. The zero-order valence-corrected chi connectivity index (χ0v) is 11.2. The highest BCUT2D eigenvalue weighted by molar-refractivity contribution is 5.96. The molecule has 112 valence electrons. The fourth-order valence-electron chi connectivity index (χ4n) is 2.02. The summed E-state index contributed by atoms with van der Waals surface area (Å²) in [5, 5.41) is 12.8. The zero-order chi connectivity index (χ0) is 15.8. The molecular weight excluding hydrogens is 287 g/mol. The monoisotopic (exact) mass is 299 g/mol. The molecule has 0 aliphatic heterocycles. The van der Waals surface area contributed by atoms with Crippen molar-refractivity contribution in [3.63, 3.8) is 0 Å². The van der Waals surface area contributed by atoms with Gasteiger partial charge in [0.1, 0.15) is 11.3 Å². The summed E-state index contributed by atoms with van der Waals surface area (Å²) in [6.07, 6.45) is -4.61. The molecule has 0 aliphatic rings. The zero-order valence-electron chi connectivity index (χ0n) is 11.2. The maximum atomic E-state index is 13.0. The number of halogens is 3. The molecular formula is C14H12F3NO3. The van der Waals surface area contributed by atoms with Gasteiger partial charge in [0.2, 0.25) is 0 Å². The van der Waals surface area contributed by atoms with Gasteiger partial charge >= 0.3 is 12.1 Å². The van der Waals surface area contributed by atoms with E-state index < -0.39 is 17.7 Å². The minimum Gasteiger partial charge on any atom is -0.477 e. The van der Waals surface area contributed by atoms with Crippen LogP contribution in [-0.2, 0) is 6.18 Å². The van der Waals surface area contributed by atoms with Gasteiger partial charge in [0.15, 0.2) is 5.76 Å². The third kappa shape index (κ3) is 2.76. The van der Waals surface area contributed by atoms with Gasteiger partial charge in [-0.15, -0.1) is 0 Å². The van der Waals surface area contributed by atoms with Crippen molar-refractivity contribution in [1.29, 1.82) is 0 Å². The molecule has 1 aromatic heterocycles. The lowest BCUT2D eigenvalue weighted by atomic mass is 9.97. The highest BCUT2D eigenvalue weighted by Crippen LogP contribution is 2.39. The fourth-order valence-corrected chi connectivity index (χ4v) is 2.02. The van der Waals surface area contributed by atoms with E-state index in [1.165, 1.54) is 18.2 Å². The van der Waals surface area contributed by atoms with Crippen LogP contribution in [0.1, 0.15) is 41.4 Å². The lowest BCUT2D eigenvalue weighted by Gasteiger charge is -2.11. The third-order valence-electron chi connectivity index (χ3n) is 2.94. The molecule has 2 aromatic rings. The van der Waals surface area contributed by atoms with E-state index in [1.807, 2.05) is 0 Å². The molecule has 2 rings (SSSR count). The van der Waals surface area contributed by atoms with Crippen LogP contribution in [0.25, 0.3) is 11.3 Å². The van der Waals surface area contributed by atoms with E-state index in [0.717, 1.165) is 6.07 Å². The molecule has 0 bridgehead atoms. The number of benzene rings is 1. The summed E-state index contributed by atoms with van der Waals surface area (Å²) >= 11 is 0. The minimum atomic E-state index is -4.61. The molecule has 0 spiro atoms. The van der Waals surface area contributed by atoms with Crippen LogP contribution in [0.3, 0.4) is 0 Å². The molecule has 0 radical (unpaired) electrons. The van der Waals surface area contributed by atoms with Crippen LogP contribution >= 0.6 is 0 Å². The fraction of sp³-hybridized carbons (Fsp3) is 0.286. The molecule has 7 heteroatoms. The smallest absolute Gasteiger partial charge is 0.417 e. The van der Waals surface area contributed by atoms with Gasteiger partial charge in [-0.05, 0) is 6.07 Å². The molecule has 0 aliphatic carbocycles. The summed E-state index contributed by atoms with van der Waals surface area (Å²) in [4.78, 5) is 11.4. The van der Waals surface area contributed by atoms with Crippen molar-refractivity contribution in [1.82, 2.24) is 5.16 Å². The van der Waals surface area contributed by atoms with Gasteiger partial charge in [0.05, 0.1) is 5.56 Å². The van der Waals surface area contributed by atoms with Gasteiger partial charge in [-0.25, -0.2) is 4.79 Å². The Bertz CT molecular complexity index is 674. The van der Waals surface area contributed by atoms with E-state index >= 15 is 0 Å². The average molecular weight is 299 g/mol. The van der Waals surface area contributed by atoms with Crippen LogP contribution in [0.15, 0.2) is 28.8 Å². The van der Waals surface area contributed by atoms with Crippen molar-refractivity contribution in [2.45, 2.75) is 25.9 Å². The number of aromatic nitrogens is 1. The first-order valence-corrected chi connectivity index (χ1v) is 6.13. The molecule has 0 unspecified atom stereocenters. The average Bonchev–Trinajstić information content (AvgIpc) is 2.82. The number of hydrogen-bond acceptors (Lipinski definition) is 3. The molecule has 0 saturated heterocycles. The Morgan fingerprint density at radius 1 is 1.29 bits per heavy atom. The van der Waals surface area contributed by atoms with E-state index in [0.29, 0.717) is 0 Å². The highest BCUT2D eigenvalue weighted by atomic mass is 19.4. The molecule has 4 nitrogen and oxygen atoms in total. The van der Waals surface area contributed by atoms with Crippen LogP contribution in [-0.4, -0.2) is 16.2 Å². The minimum absolute atomic E-state index is 0.0504. The summed E-state index contributed by atoms with van der Waals surface area (Å²) in [6.45, 7) is 3.35.